The van der Waals surface area contributed by atoms with Gasteiger partial charge < -0.3 is 0 Å². The highest BCUT2D eigenvalue weighted by Crippen LogP contribution is 2.31. The lowest BCUT2D eigenvalue weighted by Gasteiger charge is -2.05. The van der Waals surface area contributed by atoms with Crippen molar-refractivity contribution in [2.24, 2.45) is 0 Å². The molecule has 0 saturated heterocycles. The second kappa shape index (κ2) is 24.2. The van der Waals surface area contributed by atoms with Gasteiger partial charge in [0.15, 0.2) is 14.3 Å². The molecule has 60 heavy (non-hydrogen) atoms. The molecule has 0 bridgehead atoms. The Balaban J connectivity index is 0.000000182. The van der Waals surface area contributed by atoms with Crippen molar-refractivity contribution in [2.75, 3.05) is 0 Å². The molecule has 8 aromatic carbocycles. The molecule has 8 aromatic rings. The Morgan fingerprint density at radius 3 is 0.783 bits per heavy atom. The van der Waals surface area contributed by atoms with Crippen LogP contribution < -0.4 is 42.4 Å². The first kappa shape index (κ1) is 47.5. The van der Waals surface area contributed by atoms with E-state index in [1.165, 1.54) is 78.9 Å². The summed E-state index contributed by atoms with van der Waals surface area (Å²) in [6.07, 6.45) is 0. The molecule has 0 aliphatic rings. The summed E-state index contributed by atoms with van der Waals surface area (Å²) in [6.45, 7) is 4.51. The van der Waals surface area contributed by atoms with Crippen molar-refractivity contribution in [1.82, 2.24) is 0 Å². The summed E-state index contributed by atoms with van der Waals surface area (Å²) in [5, 5.41) is 0. The Morgan fingerprint density at radius 1 is 0.283 bits per heavy atom. The fourth-order valence-corrected chi connectivity index (χ4v) is 15.1. The highest BCUT2D eigenvalue weighted by molar-refractivity contribution is 14.1. The average Bonchev–Trinajstić information content (AvgIpc) is 3.25. The minimum Gasteiger partial charge on any atom is -0.0901 e. The number of hydrogen-bond acceptors (Lipinski definition) is 4. The summed E-state index contributed by atoms with van der Waals surface area (Å²) < 4.78 is 11.0. The molecule has 0 spiro atoms. The van der Waals surface area contributed by atoms with E-state index in [-0.39, 0.29) is 42.4 Å². The van der Waals surface area contributed by atoms with E-state index < -0.39 is 0 Å². The molecule has 0 fully saturated rings. The normalized spacial score (nSPS) is 10.9. The number of aryl methyl sites for hydroxylation is 2. The monoisotopic (exact) mass is 1530 g/mol. The van der Waals surface area contributed by atoms with Gasteiger partial charge in [-0.2, -0.15) is 0 Å². The predicted molar refractivity (Wildman–Crippen MR) is 283 cm³/mol. The number of benzene rings is 8. The maximum Gasteiger partial charge on any atom is 0.358 e. The van der Waals surface area contributed by atoms with Gasteiger partial charge in [0.25, 0.3) is 0 Å². The van der Waals surface area contributed by atoms with Gasteiger partial charge in [-0.05, 0) is 286 Å². The van der Waals surface area contributed by atoms with Crippen LogP contribution >= 0.6 is 137 Å². The summed E-state index contributed by atoms with van der Waals surface area (Å²) in [4.78, 5) is 10.4. The van der Waals surface area contributed by atoms with Crippen molar-refractivity contribution in [1.29, 1.82) is 0 Å². The second-order valence-electron chi connectivity index (χ2n) is 13.1. The van der Waals surface area contributed by atoms with Gasteiger partial charge in [-0.15, -0.1) is 0 Å². The molecule has 0 N–H and O–H groups in total. The lowest BCUT2D eigenvalue weighted by molar-refractivity contribution is -0.598. The van der Waals surface area contributed by atoms with E-state index in [4.69, 9.17) is 0 Å². The first-order chi connectivity index (χ1) is 29.1. The Hall–Kier alpha value is -0.460. The molecule has 0 aliphatic carbocycles. The molecule has 0 saturated carbocycles. The Labute approximate surface area is 447 Å². The molecular weight excluding hydrogens is 1490 g/mol. The van der Waals surface area contributed by atoms with Crippen LogP contribution in [-0.2, 0) is 0 Å². The summed E-state index contributed by atoms with van der Waals surface area (Å²) in [5.74, 6) is 0. The number of hydrogen-bond donors (Lipinski definition) is 0. The Bertz CT molecular complexity index is 2430. The lowest BCUT2D eigenvalue weighted by atomic mass is 10.2. The topological polar surface area (TPSA) is 0 Å². The number of halogens is 6. The highest BCUT2D eigenvalue weighted by atomic mass is 127. The standard InChI is InChI=1S/C26H20I3S2.C24H16I3S2/c1-17-15-23(30-21-7-3-19(27)4-8-21)11-13-25(17)29-26-14-12-24(16-18(26)2)31-22-9-5-20(28)6-10-22;25-17-1-9-21(10-2-17)28-23-13-5-19(6-14-23)27-20-7-15-24(16-8-20)29-22-11-3-18(26)4-12-22/h3-16H,1-2H3;1-16H/q2*+1. The fourth-order valence-electron chi connectivity index (χ4n) is 5.50. The van der Waals surface area contributed by atoms with Gasteiger partial charge in [-0.25, -0.2) is 0 Å². The van der Waals surface area contributed by atoms with Gasteiger partial charge in [0.2, 0.25) is 0 Å². The van der Waals surface area contributed by atoms with E-state index in [0.29, 0.717) is 0 Å². The molecule has 0 amide bonds. The minimum atomic E-state index is -0.191. The van der Waals surface area contributed by atoms with Gasteiger partial charge in [-0.1, -0.05) is 47.0 Å². The summed E-state index contributed by atoms with van der Waals surface area (Å²) in [7, 11) is 0. The lowest BCUT2D eigenvalue weighted by Crippen LogP contribution is -3.62. The van der Waals surface area contributed by atoms with E-state index in [9.17, 15) is 0 Å². The van der Waals surface area contributed by atoms with Crippen LogP contribution in [0.4, 0.5) is 0 Å². The SMILES string of the molecule is Cc1cc(Sc2ccc(I)cc2)ccc1[I+]c1ccc(Sc2ccc(I)cc2)cc1C.Ic1ccc(Sc2ccc([I+]c3ccc(Sc4ccc(I)cc4)cc3)cc2)cc1. The molecule has 0 radical (unpaired) electrons. The summed E-state index contributed by atoms with van der Waals surface area (Å²) in [6, 6.07) is 66.9. The van der Waals surface area contributed by atoms with Crippen LogP contribution in [0.1, 0.15) is 11.1 Å². The molecule has 0 aliphatic heterocycles. The summed E-state index contributed by atoms with van der Waals surface area (Å²) in [5.41, 5.74) is 2.81. The Kier molecular flexibility index (Phi) is 19.1. The van der Waals surface area contributed by atoms with E-state index in [1.54, 1.807) is 0 Å². The molecule has 0 aromatic heterocycles. The van der Waals surface area contributed by atoms with Crippen LogP contribution in [0.15, 0.2) is 221 Å². The van der Waals surface area contributed by atoms with Gasteiger partial charge in [-0.3, -0.25) is 0 Å². The molecular formula is C50H36I6S4+2. The zero-order valence-electron chi connectivity index (χ0n) is 32.2. The number of rotatable bonds is 12. The average molecular weight is 1530 g/mol. The molecule has 0 nitrogen and oxygen atoms in total. The second-order valence-corrected chi connectivity index (χ2v) is 28.6. The molecule has 0 heterocycles. The van der Waals surface area contributed by atoms with E-state index >= 15 is 0 Å². The van der Waals surface area contributed by atoms with Crippen LogP contribution in [-0.4, -0.2) is 0 Å². The molecule has 10 heteroatoms. The molecule has 8 rings (SSSR count). The molecule has 0 unspecified atom stereocenters. The predicted octanol–water partition coefficient (Wildman–Crippen LogP) is 11.3. The zero-order chi connectivity index (χ0) is 41.8. The smallest absolute Gasteiger partial charge is 0.0901 e. The van der Waals surface area contributed by atoms with Crippen molar-refractivity contribution in [3.8, 4) is 0 Å². The van der Waals surface area contributed by atoms with Crippen molar-refractivity contribution < 1.29 is 42.4 Å². The van der Waals surface area contributed by atoms with Crippen molar-refractivity contribution >= 4 is 137 Å². The fraction of sp³-hybridized carbons (Fsp3) is 0.0400. The van der Waals surface area contributed by atoms with Crippen molar-refractivity contribution in [2.45, 2.75) is 53.0 Å². The van der Waals surface area contributed by atoms with Crippen LogP contribution in [0, 0.1) is 42.4 Å². The first-order valence-electron chi connectivity index (χ1n) is 18.5. The van der Waals surface area contributed by atoms with Crippen LogP contribution in [0.25, 0.3) is 0 Å². The first-order valence-corrected chi connectivity index (χ1v) is 30.4. The van der Waals surface area contributed by atoms with Crippen LogP contribution in [0.3, 0.4) is 0 Å². The minimum absolute atomic E-state index is 0.147. The van der Waals surface area contributed by atoms with Crippen molar-refractivity contribution in [3.05, 3.63) is 222 Å². The quantitative estimate of drug-likeness (QED) is 0.112. The van der Waals surface area contributed by atoms with E-state index in [1.807, 2.05) is 47.0 Å². The van der Waals surface area contributed by atoms with Crippen molar-refractivity contribution in [3.63, 3.8) is 0 Å². The van der Waals surface area contributed by atoms with Crippen LogP contribution in [0.2, 0.25) is 0 Å². The van der Waals surface area contributed by atoms with Gasteiger partial charge in [0.05, 0.1) is 0 Å². The maximum absolute atomic E-state index is 2.35. The van der Waals surface area contributed by atoms with E-state index in [0.717, 1.165) is 0 Å². The van der Waals surface area contributed by atoms with E-state index in [2.05, 4.69) is 286 Å². The zero-order valence-corrected chi connectivity index (χ0v) is 48.4. The molecule has 0 atom stereocenters. The largest absolute Gasteiger partial charge is 0.358 e. The van der Waals surface area contributed by atoms with Gasteiger partial charge in [0.1, 0.15) is 0 Å². The summed E-state index contributed by atoms with van der Waals surface area (Å²) >= 11 is 16.4. The van der Waals surface area contributed by atoms with Crippen LogP contribution in [0.5, 0.6) is 0 Å². The maximum atomic E-state index is 2.35. The third-order valence-corrected chi connectivity index (χ3v) is 21.7. The third kappa shape index (κ3) is 15.3. The van der Waals surface area contributed by atoms with Gasteiger partial charge in [0, 0.05) is 64.6 Å². The highest BCUT2D eigenvalue weighted by Gasteiger charge is 2.21. The van der Waals surface area contributed by atoms with Gasteiger partial charge >= 0.3 is 42.4 Å². The third-order valence-electron chi connectivity index (χ3n) is 8.51. The molecule has 300 valence electrons. The Morgan fingerprint density at radius 2 is 0.517 bits per heavy atom.